The molecule has 0 unspecified atom stereocenters. The van der Waals surface area contributed by atoms with Gasteiger partial charge in [-0.25, -0.2) is 0 Å². The Bertz CT molecular complexity index is 524. The Kier molecular flexibility index (Phi) is 3.54. The second-order valence-corrected chi connectivity index (χ2v) is 6.04. The second kappa shape index (κ2) is 4.85. The normalized spacial score (nSPS) is 20.6. The summed E-state index contributed by atoms with van der Waals surface area (Å²) in [7, 11) is 1.59. The molecule has 0 spiro atoms. The molecule has 19 heavy (non-hydrogen) atoms. The van der Waals surface area contributed by atoms with Crippen molar-refractivity contribution in [2.45, 2.75) is 26.9 Å². The summed E-state index contributed by atoms with van der Waals surface area (Å²) in [4.78, 5) is 25.5. The summed E-state index contributed by atoms with van der Waals surface area (Å²) in [5, 5.41) is 2.77. The van der Waals surface area contributed by atoms with Crippen LogP contribution in [-0.4, -0.2) is 46.4 Å². The third kappa shape index (κ3) is 2.89. The highest BCUT2D eigenvalue weighted by Gasteiger charge is 2.33. The number of carbonyl (C=O) groups is 1. The van der Waals surface area contributed by atoms with Gasteiger partial charge in [-0.15, -0.1) is 0 Å². The fourth-order valence-electron chi connectivity index (χ4n) is 2.13. The maximum Gasteiger partial charge on any atom is 0.272 e. The van der Waals surface area contributed by atoms with Gasteiger partial charge < -0.3 is 9.64 Å². The Labute approximate surface area is 112 Å². The van der Waals surface area contributed by atoms with Crippen LogP contribution in [0, 0.1) is 5.41 Å². The van der Waals surface area contributed by atoms with Gasteiger partial charge in [-0.1, -0.05) is 20.8 Å². The molecule has 1 amide bonds. The molecule has 1 saturated heterocycles. The zero-order valence-corrected chi connectivity index (χ0v) is 11.9. The lowest BCUT2D eigenvalue weighted by Crippen LogP contribution is -2.50. The van der Waals surface area contributed by atoms with Crippen LogP contribution in [0.4, 0.5) is 0 Å². The predicted molar refractivity (Wildman–Crippen MR) is 71.1 cm³/mol. The molecule has 0 radical (unpaired) electrons. The quantitative estimate of drug-likeness (QED) is 0.810. The first-order chi connectivity index (χ1) is 8.79. The number of ether oxygens (including phenoxy) is 1. The van der Waals surface area contributed by atoms with Gasteiger partial charge in [0.25, 0.3) is 11.5 Å². The number of hydrogen-bond acceptors (Lipinski definition) is 3. The number of H-pyrrole nitrogens is 1. The number of aromatic amines is 1. The van der Waals surface area contributed by atoms with E-state index >= 15 is 0 Å². The molecule has 1 N–H and O–H groups in total. The van der Waals surface area contributed by atoms with Gasteiger partial charge in [0.05, 0.1) is 12.7 Å². The number of rotatable bonds is 1. The third-order valence-electron chi connectivity index (χ3n) is 3.44. The van der Waals surface area contributed by atoms with E-state index in [4.69, 9.17) is 4.74 Å². The smallest absolute Gasteiger partial charge is 0.272 e. The maximum absolute atomic E-state index is 12.3. The minimum absolute atomic E-state index is 0.0109. The van der Waals surface area contributed by atoms with Crippen LogP contribution in [0.15, 0.2) is 10.9 Å². The Morgan fingerprint density at radius 3 is 2.68 bits per heavy atom. The van der Waals surface area contributed by atoms with Crippen LogP contribution in [-0.2, 0) is 11.8 Å². The standard InChI is InChI=1S/C13H21N3O3/c1-13(2,3)10-8-16(5-6-19-10)12(18)9-7-11(17)15(4)14-9/h7,10,14H,5-6,8H2,1-4H3/t10-/m1/s1. The van der Waals surface area contributed by atoms with Gasteiger partial charge in [-0.05, 0) is 5.41 Å². The Morgan fingerprint density at radius 1 is 1.47 bits per heavy atom. The average Bonchev–Trinajstić information content (AvgIpc) is 2.68. The first-order valence-corrected chi connectivity index (χ1v) is 6.46. The van der Waals surface area contributed by atoms with E-state index in [1.54, 1.807) is 11.9 Å². The lowest BCUT2D eigenvalue weighted by atomic mass is 9.88. The minimum atomic E-state index is -0.205. The molecule has 0 bridgehead atoms. The summed E-state index contributed by atoms with van der Waals surface area (Å²) in [6, 6.07) is 1.34. The predicted octanol–water partition coefficient (Wildman–Crippen LogP) is 0.600. The van der Waals surface area contributed by atoms with Crippen molar-refractivity contribution < 1.29 is 9.53 Å². The van der Waals surface area contributed by atoms with E-state index in [1.165, 1.54) is 10.7 Å². The first-order valence-electron chi connectivity index (χ1n) is 6.46. The lowest BCUT2D eigenvalue weighted by molar-refractivity contribution is -0.0707. The van der Waals surface area contributed by atoms with Crippen molar-refractivity contribution in [3.8, 4) is 0 Å². The Balaban J connectivity index is 2.13. The van der Waals surface area contributed by atoms with Crippen molar-refractivity contribution in [1.82, 2.24) is 14.7 Å². The second-order valence-electron chi connectivity index (χ2n) is 6.04. The molecule has 106 valence electrons. The lowest BCUT2D eigenvalue weighted by Gasteiger charge is -2.39. The molecular formula is C13H21N3O3. The van der Waals surface area contributed by atoms with E-state index in [0.717, 1.165) is 0 Å². The molecule has 1 aliphatic heterocycles. The number of aromatic nitrogens is 2. The Morgan fingerprint density at radius 2 is 2.16 bits per heavy atom. The summed E-state index contributed by atoms with van der Waals surface area (Å²) < 4.78 is 7.02. The number of hydrogen-bond donors (Lipinski definition) is 1. The molecule has 1 aromatic rings. The van der Waals surface area contributed by atoms with Crippen molar-refractivity contribution in [3.63, 3.8) is 0 Å². The van der Waals surface area contributed by atoms with Crippen LogP contribution in [0.1, 0.15) is 31.3 Å². The zero-order chi connectivity index (χ0) is 14.2. The minimum Gasteiger partial charge on any atom is -0.374 e. The van der Waals surface area contributed by atoms with Gasteiger partial charge in [0.1, 0.15) is 5.69 Å². The Hall–Kier alpha value is -1.56. The summed E-state index contributed by atoms with van der Waals surface area (Å²) in [5.74, 6) is -0.143. The highest BCUT2D eigenvalue weighted by molar-refractivity contribution is 5.92. The fraction of sp³-hybridized carbons (Fsp3) is 0.692. The van der Waals surface area contributed by atoms with E-state index < -0.39 is 0 Å². The molecule has 2 heterocycles. The molecule has 1 aliphatic rings. The van der Waals surface area contributed by atoms with E-state index in [-0.39, 0.29) is 23.0 Å². The fourth-order valence-corrected chi connectivity index (χ4v) is 2.13. The van der Waals surface area contributed by atoms with Gasteiger partial charge in [-0.2, -0.15) is 0 Å². The van der Waals surface area contributed by atoms with Gasteiger partial charge in [0.15, 0.2) is 0 Å². The number of morpholine rings is 1. The molecule has 6 heteroatoms. The molecule has 1 fully saturated rings. The molecule has 0 aliphatic carbocycles. The number of amides is 1. The number of carbonyl (C=O) groups excluding carboxylic acids is 1. The highest BCUT2D eigenvalue weighted by Crippen LogP contribution is 2.25. The molecule has 2 rings (SSSR count). The molecule has 0 aromatic carbocycles. The average molecular weight is 267 g/mol. The molecule has 1 atom stereocenters. The zero-order valence-electron chi connectivity index (χ0n) is 11.9. The summed E-state index contributed by atoms with van der Waals surface area (Å²) >= 11 is 0. The largest absolute Gasteiger partial charge is 0.374 e. The maximum atomic E-state index is 12.3. The van der Waals surface area contributed by atoms with E-state index in [2.05, 4.69) is 25.9 Å². The topological polar surface area (TPSA) is 67.3 Å². The number of nitrogens with zero attached hydrogens (tertiary/aromatic N) is 2. The molecular weight excluding hydrogens is 246 g/mol. The van der Waals surface area contributed by atoms with E-state index in [1.807, 2.05) is 0 Å². The van der Waals surface area contributed by atoms with Crippen LogP contribution >= 0.6 is 0 Å². The van der Waals surface area contributed by atoms with Crippen LogP contribution in [0.3, 0.4) is 0 Å². The number of aryl methyl sites for hydroxylation is 1. The van der Waals surface area contributed by atoms with Gasteiger partial charge in [0.2, 0.25) is 0 Å². The molecule has 6 nitrogen and oxygen atoms in total. The van der Waals surface area contributed by atoms with Crippen LogP contribution < -0.4 is 5.56 Å². The highest BCUT2D eigenvalue weighted by atomic mass is 16.5. The van der Waals surface area contributed by atoms with Gasteiger partial charge in [0, 0.05) is 26.2 Å². The van der Waals surface area contributed by atoms with Crippen LogP contribution in [0.2, 0.25) is 0 Å². The van der Waals surface area contributed by atoms with Crippen molar-refractivity contribution in [2.75, 3.05) is 19.7 Å². The monoisotopic (exact) mass is 267 g/mol. The summed E-state index contributed by atoms with van der Waals surface area (Å²) in [6.45, 7) is 7.93. The van der Waals surface area contributed by atoms with Crippen molar-refractivity contribution >= 4 is 5.91 Å². The third-order valence-corrected chi connectivity index (χ3v) is 3.44. The van der Waals surface area contributed by atoms with Gasteiger partial charge in [-0.3, -0.25) is 19.4 Å². The first kappa shape index (κ1) is 13.9. The van der Waals surface area contributed by atoms with Crippen molar-refractivity contribution in [3.05, 3.63) is 22.1 Å². The van der Waals surface area contributed by atoms with E-state index in [0.29, 0.717) is 25.4 Å². The summed E-state index contributed by atoms with van der Waals surface area (Å²) in [5.41, 5.74) is 0.120. The SMILES string of the molecule is Cn1[nH]c(C(=O)N2CCO[C@@H](C(C)(C)C)C2)cc1=O. The van der Waals surface area contributed by atoms with Gasteiger partial charge >= 0.3 is 0 Å². The van der Waals surface area contributed by atoms with Crippen molar-refractivity contribution in [1.29, 1.82) is 0 Å². The van der Waals surface area contributed by atoms with Crippen LogP contribution in [0.25, 0.3) is 0 Å². The van der Waals surface area contributed by atoms with E-state index in [9.17, 15) is 9.59 Å². The van der Waals surface area contributed by atoms with Crippen molar-refractivity contribution in [2.24, 2.45) is 12.5 Å². The van der Waals surface area contributed by atoms with Crippen LogP contribution in [0.5, 0.6) is 0 Å². The molecule has 0 saturated carbocycles. The number of nitrogens with one attached hydrogen (secondary N) is 1. The summed E-state index contributed by atoms with van der Waals surface area (Å²) in [6.07, 6.45) is 0.0145. The molecule has 1 aromatic heterocycles.